The largest absolute Gasteiger partial charge is 0.387 e. The molecule has 1 aromatic heterocycles. The fourth-order valence-electron chi connectivity index (χ4n) is 1.60. The predicted octanol–water partition coefficient (Wildman–Crippen LogP) is 1.80. The summed E-state index contributed by atoms with van der Waals surface area (Å²) in [5, 5.41) is 15.4. The third-order valence-corrected chi connectivity index (χ3v) is 2.61. The van der Waals surface area contributed by atoms with E-state index < -0.39 is 11.9 Å². The fraction of sp³-hybridized carbons (Fsp3) is 0.231. The van der Waals surface area contributed by atoms with Gasteiger partial charge in [0, 0.05) is 13.6 Å². The molecule has 0 aliphatic heterocycles. The number of nitrogens with one attached hydrogen (secondary N) is 2. The highest BCUT2D eigenvalue weighted by Gasteiger charge is 2.10. The molecule has 5 nitrogen and oxygen atoms in total. The molecule has 0 amide bonds. The van der Waals surface area contributed by atoms with Gasteiger partial charge in [0.05, 0.1) is 12.3 Å². The van der Waals surface area contributed by atoms with Crippen molar-refractivity contribution in [2.75, 3.05) is 24.2 Å². The predicted molar refractivity (Wildman–Crippen MR) is 71.4 cm³/mol. The second-order valence-corrected chi connectivity index (χ2v) is 3.95. The Balaban J connectivity index is 2.02. The molecule has 2 aromatic rings. The highest BCUT2D eigenvalue weighted by atomic mass is 19.1. The van der Waals surface area contributed by atoms with Crippen LogP contribution < -0.4 is 10.6 Å². The van der Waals surface area contributed by atoms with E-state index in [0.29, 0.717) is 5.95 Å². The lowest BCUT2D eigenvalue weighted by atomic mass is 10.1. The highest BCUT2D eigenvalue weighted by molar-refractivity contribution is 5.41. The van der Waals surface area contributed by atoms with Crippen LogP contribution in [0.15, 0.2) is 36.5 Å². The van der Waals surface area contributed by atoms with Crippen molar-refractivity contribution in [2.45, 2.75) is 6.10 Å². The molecule has 3 N–H and O–H groups in total. The van der Waals surface area contributed by atoms with Gasteiger partial charge in [-0.2, -0.15) is 4.98 Å². The molecule has 1 unspecified atom stereocenters. The zero-order valence-electron chi connectivity index (χ0n) is 10.5. The molecular weight excluding hydrogens is 247 g/mol. The summed E-state index contributed by atoms with van der Waals surface area (Å²) in [4.78, 5) is 7.68. The topological polar surface area (TPSA) is 70.1 Å². The Morgan fingerprint density at radius 1 is 1.32 bits per heavy atom. The van der Waals surface area contributed by atoms with E-state index in [4.69, 9.17) is 0 Å². The van der Waals surface area contributed by atoms with Crippen molar-refractivity contribution in [1.82, 2.24) is 9.97 Å². The summed E-state index contributed by atoms with van der Waals surface area (Å²) in [5.41, 5.74) is 0.762. The van der Waals surface area contributed by atoms with E-state index in [2.05, 4.69) is 20.6 Å². The van der Waals surface area contributed by atoms with Gasteiger partial charge in [0.25, 0.3) is 0 Å². The summed E-state index contributed by atoms with van der Waals surface area (Å²) in [6, 6.07) is 9.15. The van der Waals surface area contributed by atoms with E-state index in [1.807, 2.05) is 30.3 Å². The summed E-state index contributed by atoms with van der Waals surface area (Å²) >= 11 is 0. The lowest BCUT2D eigenvalue weighted by molar-refractivity contribution is 0.191. The van der Waals surface area contributed by atoms with Crippen LogP contribution >= 0.6 is 0 Å². The molecule has 0 bridgehead atoms. The third kappa shape index (κ3) is 3.38. The molecule has 0 spiro atoms. The minimum Gasteiger partial charge on any atom is -0.387 e. The van der Waals surface area contributed by atoms with Crippen LogP contribution in [-0.4, -0.2) is 28.7 Å². The summed E-state index contributed by atoms with van der Waals surface area (Å²) in [6.45, 7) is 0.168. The lowest BCUT2D eigenvalue weighted by Crippen LogP contribution is -2.14. The van der Waals surface area contributed by atoms with Gasteiger partial charge in [0.1, 0.15) is 0 Å². The first kappa shape index (κ1) is 13.2. The van der Waals surface area contributed by atoms with Crippen LogP contribution in [0.3, 0.4) is 0 Å². The molecule has 0 fully saturated rings. The molecule has 0 saturated carbocycles. The zero-order chi connectivity index (χ0) is 13.7. The van der Waals surface area contributed by atoms with Crippen molar-refractivity contribution < 1.29 is 9.50 Å². The number of aliphatic hydroxyl groups is 1. The van der Waals surface area contributed by atoms with Gasteiger partial charge in [-0.1, -0.05) is 30.3 Å². The summed E-state index contributed by atoms with van der Waals surface area (Å²) in [5.74, 6) is -0.174. The molecule has 6 heteroatoms. The molecule has 0 aliphatic carbocycles. The number of halogens is 1. The van der Waals surface area contributed by atoms with Crippen LogP contribution in [0.2, 0.25) is 0 Å². The maximum Gasteiger partial charge on any atom is 0.224 e. The minimum absolute atomic E-state index is 0.0642. The molecular formula is C13H15FN4O. The van der Waals surface area contributed by atoms with Crippen LogP contribution in [0.25, 0.3) is 0 Å². The van der Waals surface area contributed by atoms with Crippen molar-refractivity contribution in [3.8, 4) is 0 Å². The summed E-state index contributed by atoms with van der Waals surface area (Å²) in [6.07, 6.45) is 0.351. The van der Waals surface area contributed by atoms with E-state index >= 15 is 0 Å². The number of anilines is 2. The van der Waals surface area contributed by atoms with E-state index in [9.17, 15) is 9.50 Å². The Kier molecular flexibility index (Phi) is 4.25. The SMILES string of the molecule is CNc1ncc(F)c(NCC(O)c2ccccc2)n1. The van der Waals surface area contributed by atoms with Gasteiger partial charge in [0.2, 0.25) is 5.95 Å². The van der Waals surface area contributed by atoms with Crippen molar-refractivity contribution in [1.29, 1.82) is 0 Å². The normalized spacial score (nSPS) is 11.9. The number of hydrogen-bond donors (Lipinski definition) is 3. The first-order valence-electron chi connectivity index (χ1n) is 5.88. The van der Waals surface area contributed by atoms with E-state index in [0.717, 1.165) is 11.8 Å². The quantitative estimate of drug-likeness (QED) is 0.766. The van der Waals surface area contributed by atoms with Crippen molar-refractivity contribution in [3.63, 3.8) is 0 Å². The van der Waals surface area contributed by atoms with Crippen LogP contribution in [-0.2, 0) is 0 Å². The van der Waals surface area contributed by atoms with Crippen molar-refractivity contribution in [3.05, 3.63) is 47.9 Å². The number of rotatable bonds is 5. The van der Waals surface area contributed by atoms with Crippen LogP contribution in [0.4, 0.5) is 16.2 Å². The van der Waals surface area contributed by atoms with Gasteiger partial charge >= 0.3 is 0 Å². The maximum absolute atomic E-state index is 13.5. The fourth-order valence-corrected chi connectivity index (χ4v) is 1.60. The Morgan fingerprint density at radius 2 is 2.05 bits per heavy atom. The number of aromatic nitrogens is 2. The van der Waals surface area contributed by atoms with Crippen LogP contribution in [0, 0.1) is 5.82 Å². The van der Waals surface area contributed by atoms with Crippen LogP contribution in [0.1, 0.15) is 11.7 Å². The Bertz CT molecular complexity index is 535. The van der Waals surface area contributed by atoms with Crippen molar-refractivity contribution >= 4 is 11.8 Å². The molecule has 1 heterocycles. The molecule has 0 aliphatic rings. The molecule has 100 valence electrons. The van der Waals surface area contributed by atoms with E-state index in [1.54, 1.807) is 7.05 Å². The van der Waals surface area contributed by atoms with Crippen molar-refractivity contribution in [2.24, 2.45) is 0 Å². The van der Waals surface area contributed by atoms with Gasteiger partial charge in [-0.05, 0) is 5.56 Å². The Labute approximate surface area is 110 Å². The highest BCUT2D eigenvalue weighted by Crippen LogP contribution is 2.15. The second kappa shape index (κ2) is 6.10. The smallest absolute Gasteiger partial charge is 0.224 e. The van der Waals surface area contributed by atoms with Crippen LogP contribution in [0.5, 0.6) is 0 Å². The second-order valence-electron chi connectivity index (χ2n) is 3.95. The third-order valence-electron chi connectivity index (χ3n) is 2.61. The number of hydrogen-bond acceptors (Lipinski definition) is 5. The number of benzene rings is 1. The number of nitrogens with zero attached hydrogens (tertiary/aromatic N) is 2. The van der Waals surface area contributed by atoms with Gasteiger partial charge in [0.15, 0.2) is 11.6 Å². The minimum atomic E-state index is -0.728. The van der Waals surface area contributed by atoms with E-state index in [-0.39, 0.29) is 12.4 Å². The molecule has 1 aromatic carbocycles. The number of aliphatic hydroxyl groups excluding tert-OH is 1. The first-order valence-corrected chi connectivity index (χ1v) is 5.88. The van der Waals surface area contributed by atoms with Gasteiger partial charge in [-0.3, -0.25) is 0 Å². The summed E-state index contributed by atoms with van der Waals surface area (Å²) in [7, 11) is 1.65. The first-order chi connectivity index (χ1) is 9.20. The molecule has 1 atom stereocenters. The average molecular weight is 262 g/mol. The summed E-state index contributed by atoms with van der Waals surface area (Å²) < 4.78 is 13.5. The zero-order valence-corrected chi connectivity index (χ0v) is 10.5. The van der Waals surface area contributed by atoms with Gasteiger partial charge < -0.3 is 15.7 Å². The Hall–Kier alpha value is -2.21. The van der Waals surface area contributed by atoms with Gasteiger partial charge in [-0.25, -0.2) is 9.37 Å². The van der Waals surface area contributed by atoms with E-state index in [1.165, 1.54) is 0 Å². The molecule has 19 heavy (non-hydrogen) atoms. The Morgan fingerprint density at radius 3 is 2.74 bits per heavy atom. The average Bonchev–Trinajstić information content (AvgIpc) is 2.47. The molecule has 0 radical (unpaired) electrons. The molecule has 0 saturated heterocycles. The lowest BCUT2D eigenvalue weighted by Gasteiger charge is -2.13. The monoisotopic (exact) mass is 262 g/mol. The standard InChI is InChI=1S/C13H15FN4O/c1-15-13-17-7-10(14)12(18-13)16-8-11(19)9-5-3-2-4-6-9/h2-7,11,19H,8H2,1H3,(H2,15,16,17,18). The maximum atomic E-state index is 13.5. The molecule has 2 rings (SSSR count). The van der Waals surface area contributed by atoms with Gasteiger partial charge in [-0.15, -0.1) is 0 Å².